The molecule has 0 aliphatic carbocycles. The van der Waals surface area contributed by atoms with Gasteiger partial charge in [0, 0.05) is 60.1 Å². The number of benzene rings is 4. The summed E-state index contributed by atoms with van der Waals surface area (Å²) in [5.74, 6) is 0.196. The average molecular weight is 841 g/mol. The molecular formula is C45H44N8O9. The third-order valence-electron chi connectivity index (χ3n) is 11.1. The molecule has 4 heterocycles. The topological polar surface area (TPSA) is 237 Å². The summed E-state index contributed by atoms with van der Waals surface area (Å²) in [5, 5.41) is 40.6. The predicted octanol–water partition coefficient (Wildman–Crippen LogP) is 5.73. The second-order valence-electron chi connectivity index (χ2n) is 15.3. The summed E-state index contributed by atoms with van der Waals surface area (Å²) in [6.45, 7) is 6.39. The zero-order valence-electron chi connectivity index (χ0n) is 34.2. The number of fused-ring (bicyclic) bond motifs is 1. The van der Waals surface area contributed by atoms with Gasteiger partial charge in [-0.1, -0.05) is 26.8 Å². The number of aromatic hydroxyl groups is 2. The van der Waals surface area contributed by atoms with Crippen molar-refractivity contribution in [1.82, 2.24) is 29.9 Å². The van der Waals surface area contributed by atoms with Crippen molar-refractivity contribution in [3.05, 3.63) is 107 Å². The Kier molecular flexibility index (Phi) is 12.3. The van der Waals surface area contributed by atoms with Crippen molar-refractivity contribution in [3.63, 3.8) is 0 Å². The van der Waals surface area contributed by atoms with Crippen molar-refractivity contribution in [2.75, 3.05) is 11.9 Å². The SMILES string of the molecule is CCc1nnc(-c2cc(C(C)C)c(O)cc2O)n1-c1ccc(Oc2ccc(C(=O)N3CCC[C@H]3C(=O)Nc3cccc4c3CN(C3CCC(=O)NC3=O)C4=O)cc2)cc1.N=C=O. The number of hydrogen-bond donors (Lipinski definition) is 5. The fourth-order valence-electron chi connectivity index (χ4n) is 8.06. The van der Waals surface area contributed by atoms with Crippen LogP contribution in [-0.2, 0) is 32.1 Å². The standard InChI is InChI=1S/C44H43N7O8.CHNO/c1-4-38-47-48-40(31-21-30(24(2)3)36(52)22-37(31)53)51(38)26-12-16-28(17-13-26)59-27-14-10-25(11-15-27)43(57)49-20-6-9-34(49)41(55)45-33-8-5-7-29-32(33)23-50(44(29)58)35-18-19-39(54)46-42(35)56;2-1-3/h5,7-8,10-17,21-22,24,34-35,52-53H,4,6,9,18-20,23H2,1-3H3,(H,45,55)(H,46,54,56);2H/t34-,35?;/m0./s1. The number of aromatic nitrogens is 3. The average Bonchev–Trinajstić information content (AvgIpc) is 4.00. The van der Waals surface area contributed by atoms with Crippen LogP contribution in [0, 0.1) is 5.41 Å². The van der Waals surface area contributed by atoms with Crippen LogP contribution in [0.5, 0.6) is 23.0 Å². The number of likely N-dealkylation sites (tertiary alicyclic amines) is 1. The van der Waals surface area contributed by atoms with E-state index < -0.39 is 18.0 Å². The Morgan fingerprint density at radius 2 is 1.65 bits per heavy atom. The number of nitrogens with one attached hydrogen (secondary N) is 3. The zero-order valence-corrected chi connectivity index (χ0v) is 34.2. The molecule has 5 amide bonds. The minimum absolute atomic E-state index is 0.0143. The molecule has 3 aliphatic rings. The quantitative estimate of drug-likeness (QED) is 0.0647. The van der Waals surface area contributed by atoms with Gasteiger partial charge in [0.1, 0.15) is 40.9 Å². The number of aryl methyl sites for hydroxylation is 1. The molecule has 1 unspecified atom stereocenters. The number of phenolic OH excluding ortho intramolecular Hbond substituents is 2. The smallest absolute Gasteiger partial charge is 0.255 e. The lowest BCUT2D eigenvalue weighted by atomic mass is 9.98. The van der Waals surface area contributed by atoms with Gasteiger partial charge in [0.05, 0.1) is 5.56 Å². The minimum Gasteiger partial charge on any atom is -0.508 e. The van der Waals surface area contributed by atoms with E-state index in [1.54, 1.807) is 65.6 Å². The number of rotatable bonds is 10. The van der Waals surface area contributed by atoms with Gasteiger partial charge in [0.15, 0.2) is 5.82 Å². The first-order valence-electron chi connectivity index (χ1n) is 20.1. The predicted molar refractivity (Wildman–Crippen MR) is 224 cm³/mol. The first-order chi connectivity index (χ1) is 29.8. The van der Waals surface area contributed by atoms with Gasteiger partial charge in [-0.2, -0.15) is 0 Å². The molecule has 0 saturated carbocycles. The molecule has 17 nitrogen and oxygen atoms in total. The number of nitrogens with zero attached hydrogens (tertiary/aromatic N) is 5. The van der Waals surface area contributed by atoms with Crippen LogP contribution in [-0.4, -0.2) is 89.0 Å². The summed E-state index contributed by atoms with van der Waals surface area (Å²) in [6, 6.07) is 20.6. The van der Waals surface area contributed by atoms with Gasteiger partial charge in [-0.25, -0.2) is 10.2 Å². The molecule has 5 aromatic rings. The third kappa shape index (κ3) is 8.38. The maximum absolute atomic E-state index is 13.8. The van der Waals surface area contributed by atoms with E-state index in [1.807, 2.05) is 37.5 Å². The molecule has 4 aromatic carbocycles. The molecule has 2 atom stereocenters. The van der Waals surface area contributed by atoms with E-state index >= 15 is 0 Å². The highest BCUT2D eigenvalue weighted by atomic mass is 16.5. The van der Waals surface area contributed by atoms with E-state index in [0.29, 0.717) is 82.5 Å². The van der Waals surface area contributed by atoms with Gasteiger partial charge in [-0.05, 0) is 97.5 Å². The first kappa shape index (κ1) is 42.5. The number of carbonyl (C=O) groups excluding carboxylic acids is 6. The second-order valence-corrected chi connectivity index (χ2v) is 15.3. The van der Waals surface area contributed by atoms with Gasteiger partial charge < -0.3 is 30.1 Å². The van der Waals surface area contributed by atoms with Crippen molar-refractivity contribution in [2.45, 2.75) is 77.4 Å². The molecule has 5 N–H and O–H groups in total. The lowest BCUT2D eigenvalue weighted by molar-refractivity contribution is -0.137. The molecule has 0 radical (unpaired) electrons. The summed E-state index contributed by atoms with van der Waals surface area (Å²) in [6.07, 6.45) is 2.81. The van der Waals surface area contributed by atoms with E-state index in [-0.39, 0.29) is 60.4 Å². The Hall–Kier alpha value is -7.65. The Balaban J connectivity index is 0.00000187. The molecule has 0 bridgehead atoms. The van der Waals surface area contributed by atoms with Crippen LogP contribution in [0.15, 0.2) is 78.9 Å². The van der Waals surface area contributed by atoms with Crippen LogP contribution >= 0.6 is 0 Å². The van der Waals surface area contributed by atoms with Crippen molar-refractivity contribution in [2.24, 2.45) is 0 Å². The molecule has 8 rings (SSSR count). The van der Waals surface area contributed by atoms with Gasteiger partial charge >= 0.3 is 0 Å². The molecule has 3 aliphatic heterocycles. The molecule has 1 aromatic heterocycles. The molecule has 0 spiro atoms. The van der Waals surface area contributed by atoms with E-state index in [2.05, 4.69) is 20.8 Å². The molecule has 318 valence electrons. The van der Waals surface area contributed by atoms with Crippen molar-refractivity contribution in [1.29, 1.82) is 5.41 Å². The summed E-state index contributed by atoms with van der Waals surface area (Å²) in [5.41, 5.74) is 3.68. The van der Waals surface area contributed by atoms with E-state index in [4.69, 9.17) is 14.9 Å². The highest BCUT2D eigenvalue weighted by Gasteiger charge is 2.41. The minimum atomic E-state index is -0.779. The first-order valence-corrected chi connectivity index (χ1v) is 20.1. The Bertz CT molecular complexity index is 2600. The third-order valence-corrected chi connectivity index (χ3v) is 11.1. The van der Waals surface area contributed by atoms with Crippen molar-refractivity contribution < 1.29 is 43.7 Å². The number of phenols is 2. The lowest BCUT2D eigenvalue weighted by Crippen LogP contribution is -2.52. The zero-order chi connectivity index (χ0) is 44.2. The van der Waals surface area contributed by atoms with Crippen LogP contribution in [0.25, 0.3) is 17.1 Å². The highest BCUT2D eigenvalue weighted by Crippen LogP contribution is 2.39. The van der Waals surface area contributed by atoms with Crippen LogP contribution < -0.4 is 15.4 Å². The second kappa shape index (κ2) is 17.9. The summed E-state index contributed by atoms with van der Waals surface area (Å²) in [4.78, 5) is 76.3. The summed E-state index contributed by atoms with van der Waals surface area (Å²) in [7, 11) is 0. The molecular weight excluding hydrogens is 797 g/mol. The number of hydrogen-bond acceptors (Lipinski definition) is 12. The van der Waals surface area contributed by atoms with Gasteiger partial charge in [-0.3, -0.25) is 33.9 Å². The Morgan fingerprint density at radius 1 is 0.952 bits per heavy atom. The maximum atomic E-state index is 13.8. The molecule has 17 heteroatoms. The van der Waals surface area contributed by atoms with Gasteiger partial charge in [0.25, 0.3) is 11.8 Å². The number of piperidine rings is 1. The van der Waals surface area contributed by atoms with Crippen LogP contribution in [0.4, 0.5) is 5.69 Å². The Labute approximate surface area is 355 Å². The number of carbonyl (C=O) groups is 5. The van der Waals surface area contributed by atoms with E-state index in [0.717, 1.165) is 11.8 Å². The van der Waals surface area contributed by atoms with Gasteiger partial charge in [-0.15, -0.1) is 10.2 Å². The van der Waals surface area contributed by atoms with Crippen molar-refractivity contribution in [3.8, 4) is 40.1 Å². The lowest BCUT2D eigenvalue weighted by Gasteiger charge is -2.29. The monoisotopic (exact) mass is 840 g/mol. The fourth-order valence-corrected chi connectivity index (χ4v) is 8.06. The number of anilines is 1. The highest BCUT2D eigenvalue weighted by molar-refractivity contribution is 6.07. The van der Waals surface area contributed by atoms with Crippen molar-refractivity contribution >= 4 is 41.3 Å². The van der Waals surface area contributed by atoms with Crippen LogP contribution in [0.3, 0.4) is 0 Å². The number of ether oxygens (including phenoxy) is 1. The normalized spacial score (nSPS) is 16.9. The number of imide groups is 1. The van der Waals surface area contributed by atoms with E-state index in [9.17, 15) is 34.2 Å². The summed E-state index contributed by atoms with van der Waals surface area (Å²) >= 11 is 0. The molecule has 62 heavy (non-hydrogen) atoms. The molecule has 2 fully saturated rings. The largest absolute Gasteiger partial charge is 0.508 e. The Morgan fingerprint density at radius 3 is 2.31 bits per heavy atom. The summed E-state index contributed by atoms with van der Waals surface area (Å²) < 4.78 is 7.98. The fraction of sp³-hybridized carbons (Fsp3) is 0.289. The van der Waals surface area contributed by atoms with E-state index in [1.165, 1.54) is 11.0 Å². The van der Waals surface area contributed by atoms with Crippen LogP contribution in [0.1, 0.15) is 90.0 Å². The van der Waals surface area contributed by atoms with Crippen LogP contribution in [0.2, 0.25) is 0 Å². The van der Waals surface area contributed by atoms with Gasteiger partial charge in [0.2, 0.25) is 23.8 Å². The number of isocyanates is 1. The maximum Gasteiger partial charge on any atom is 0.255 e. The molecule has 2 saturated heterocycles. The number of amides is 5.